The number of hydrogen-bond donors (Lipinski definition) is 1. The van der Waals surface area contributed by atoms with Crippen molar-refractivity contribution in [1.82, 2.24) is 0 Å². The van der Waals surface area contributed by atoms with Gasteiger partial charge in [-0.15, -0.1) is 0 Å². The zero-order chi connectivity index (χ0) is 12.3. The van der Waals surface area contributed by atoms with E-state index in [1.54, 1.807) is 0 Å². The van der Waals surface area contributed by atoms with Crippen LogP contribution >= 0.6 is 0 Å². The molecule has 1 aliphatic rings. The molecule has 0 amide bonds. The average Bonchev–Trinajstić information content (AvgIpc) is 2.34. The molecule has 0 aliphatic heterocycles. The third-order valence-electron chi connectivity index (χ3n) is 3.65. The fourth-order valence-electron chi connectivity index (χ4n) is 2.51. The maximum atomic E-state index is 9.99. The van der Waals surface area contributed by atoms with Crippen LogP contribution in [0, 0.1) is 5.92 Å². The lowest BCUT2D eigenvalue weighted by molar-refractivity contribution is -0.00799. The highest BCUT2D eigenvalue weighted by molar-refractivity contribution is 5.33. The highest BCUT2D eigenvalue weighted by atomic mass is 16.5. The Balaban J connectivity index is 2.08. The Bertz CT molecular complexity index is 362. The lowest BCUT2D eigenvalue weighted by Gasteiger charge is -2.32. The fourth-order valence-corrected chi connectivity index (χ4v) is 2.51. The smallest absolute Gasteiger partial charge is 0.125 e. The summed E-state index contributed by atoms with van der Waals surface area (Å²) in [7, 11) is 0. The second-order valence-corrected chi connectivity index (χ2v) is 5.10. The summed E-state index contributed by atoms with van der Waals surface area (Å²) in [6, 6.07) is 8.12. The minimum absolute atomic E-state index is 0.0357. The number of benzene rings is 1. The Morgan fingerprint density at radius 2 is 2.06 bits per heavy atom. The number of aryl methyl sites for hydroxylation is 1. The van der Waals surface area contributed by atoms with E-state index in [9.17, 15) is 5.11 Å². The SMILES string of the molecule is CCc1ccccc1OC1CC(C)CCC1O. The number of rotatable bonds is 3. The van der Waals surface area contributed by atoms with Crippen molar-refractivity contribution < 1.29 is 9.84 Å². The van der Waals surface area contributed by atoms with Crippen molar-refractivity contribution in [2.45, 2.75) is 51.7 Å². The van der Waals surface area contributed by atoms with Gasteiger partial charge in [-0.1, -0.05) is 32.0 Å². The molecule has 94 valence electrons. The highest BCUT2D eigenvalue weighted by Crippen LogP contribution is 2.29. The molecular formula is C15H22O2. The maximum Gasteiger partial charge on any atom is 0.125 e. The van der Waals surface area contributed by atoms with E-state index in [1.165, 1.54) is 5.56 Å². The van der Waals surface area contributed by atoms with Gasteiger partial charge in [0, 0.05) is 0 Å². The zero-order valence-electron chi connectivity index (χ0n) is 10.7. The fraction of sp³-hybridized carbons (Fsp3) is 0.600. The molecule has 0 heterocycles. The van der Waals surface area contributed by atoms with Crippen LogP contribution in [0.5, 0.6) is 5.75 Å². The van der Waals surface area contributed by atoms with Crippen molar-refractivity contribution in [2.24, 2.45) is 5.92 Å². The van der Waals surface area contributed by atoms with Crippen molar-refractivity contribution in [3.8, 4) is 5.75 Å². The van der Waals surface area contributed by atoms with Crippen LogP contribution in [0.15, 0.2) is 24.3 Å². The molecule has 1 saturated carbocycles. The van der Waals surface area contributed by atoms with Crippen LogP contribution in [-0.2, 0) is 6.42 Å². The van der Waals surface area contributed by atoms with Crippen molar-refractivity contribution in [2.75, 3.05) is 0 Å². The van der Waals surface area contributed by atoms with Gasteiger partial charge >= 0.3 is 0 Å². The third kappa shape index (κ3) is 3.01. The van der Waals surface area contributed by atoms with E-state index < -0.39 is 0 Å². The molecule has 0 saturated heterocycles. The number of aliphatic hydroxyl groups excluding tert-OH is 1. The molecule has 1 N–H and O–H groups in total. The topological polar surface area (TPSA) is 29.5 Å². The molecule has 3 unspecified atom stereocenters. The average molecular weight is 234 g/mol. The van der Waals surface area contributed by atoms with Gasteiger partial charge in [-0.3, -0.25) is 0 Å². The Morgan fingerprint density at radius 3 is 2.82 bits per heavy atom. The molecule has 1 fully saturated rings. The van der Waals surface area contributed by atoms with Gasteiger partial charge in [0.2, 0.25) is 0 Å². The minimum Gasteiger partial charge on any atom is -0.487 e. The quantitative estimate of drug-likeness (QED) is 0.870. The van der Waals surface area contributed by atoms with E-state index in [4.69, 9.17) is 4.74 Å². The van der Waals surface area contributed by atoms with Crippen molar-refractivity contribution in [3.63, 3.8) is 0 Å². The number of para-hydroxylation sites is 1. The molecule has 1 aromatic rings. The first kappa shape index (κ1) is 12.4. The molecule has 0 radical (unpaired) electrons. The second kappa shape index (κ2) is 5.54. The normalized spacial score (nSPS) is 29.0. The monoisotopic (exact) mass is 234 g/mol. The van der Waals surface area contributed by atoms with Crippen LogP contribution in [0.4, 0.5) is 0 Å². The second-order valence-electron chi connectivity index (χ2n) is 5.10. The molecular weight excluding hydrogens is 212 g/mol. The van der Waals surface area contributed by atoms with Gasteiger partial charge in [0.05, 0.1) is 6.10 Å². The summed E-state index contributed by atoms with van der Waals surface area (Å²) < 4.78 is 6.01. The summed E-state index contributed by atoms with van der Waals surface area (Å²) in [4.78, 5) is 0. The molecule has 0 spiro atoms. The van der Waals surface area contributed by atoms with Crippen LogP contribution in [0.25, 0.3) is 0 Å². The summed E-state index contributed by atoms with van der Waals surface area (Å²) >= 11 is 0. The van der Waals surface area contributed by atoms with Gasteiger partial charge in [0.15, 0.2) is 0 Å². The third-order valence-corrected chi connectivity index (χ3v) is 3.65. The van der Waals surface area contributed by atoms with Gasteiger partial charge < -0.3 is 9.84 Å². The first-order valence-electron chi connectivity index (χ1n) is 6.63. The maximum absolute atomic E-state index is 9.99. The van der Waals surface area contributed by atoms with Gasteiger partial charge in [-0.25, -0.2) is 0 Å². The molecule has 3 atom stereocenters. The van der Waals surface area contributed by atoms with Gasteiger partial charge in [0.1, 0.15) is 11.9 Å². The van der Waals surface area contributed by atoms with E-state index in [1.807, 2.05) is 18.2 Å². The van der Waals surface area contributed by atoms with Crippen molar-refractivity contribution in [1.29, 1.82) is 0 Å². The molecule has 1 aromatic carbocycles. The van der Waals surface area contributed by atoms with Gasteiger partial charge in [0.25, 0.3) is 0 Å². The molecule has 17 heavy (non-hydrogen) atoms. The summed E-state index contributed by atoms with van der Waals surface area (Å²) in [5, 5.41) is 9.99. The molecule has 0 bridgehead atoms. The summed E-state index contributed by atoms with van der Waals surface area (Å²) in [5.41, 5.74) is 1.22. The zero-order valence-corrected chi connectivity index (χ0v) is 10.7. The van der Waals surface area contributed by atoms with E-state index in [0.29, 0.717) is 5.92 Å². The Labute approximate surface area is 104 Å². The number of ether oxygens (including phenoxy) is 1. The molecule has 1 aliphatic carbocycles. The molecule has 2 nitrogen and oxygen atoms in total. The summed E-state index contributed by atoms with van der Waals surface area (Å²) in [6.07, 6.45) is 3.55. The van der Waals surface area contributed by atoms with Crippen molar-refractivity contribution in [3.05, 3.63) is 29.8 Å². The first-order chi connectivity index (χ1) is 8.20. The van der Waals surface area contributed by atoms with Gasteiger partial charge in [-0.05, 0) is 43.2 Å². The van der Waals surface area contributed by atoms with Crippen molar-refractivity contribution >= 4 is 0 Å². The molecule has 0 aromatic heterocycles. The van der Waals surface area contributed by atoms with Crippen LogP contribution in [0.3, 0.4) is 0 Å². The van der Waals surface area contributed by atoms with E-state index in [0.717, 1.165) is 31.4 Å². The summed E-state index contributed by atoms with van der Waals surface area (Å²) in [6.45, 7) is 4.36. The Morgan fingerprint density at radius 1 is 1.29 bits per heavy atom. The van der Waals surface area contributed by atoms with Gasteiger partial charge in [-0.2, -0.15) is 0 Å². The highest BCUT2D eigenvalue weighted by Gasteiger charge is 2.28. The lowest BCUT2D eigenvalue weighted by atomic mass is 9.86. The Kier molecular flexibility index (Phi) is 4.06. The Hall–Kier alpha value is -1.02. The van der Waals surface area contributed by atoms with Crippen LogP contribution in [0.2, 0.25) is 0 Å². The molecule has 2 rings (SSSR count). The largest absolute Gasteiger partial charge is 0.487 e. The van der Waals surface area contributed by atoms with E-state index in [2.05, 4.69) is 19.9 Å². The summed E-state index contributed by atoms with van der Waals surface area (Å²) in [5.74, 6) is 1.59. The van der Waals surface area contributed by atoms with E-state index >= 15 is 0 Å². The number of aliphatic hydroxyl groups is 1. The predicted octanol–water partition coefficient (Wildman–Crippen LogP) is 3.18. The van der Waals surface area contributed by atoms with Crippen LogP contribution in [-0.4, -0.2) is 17.3 Å². The predicted molar refractivity (Wildman–Crippen MR) is 69.3 cm³/mol. The van der Waals surface area contributed by atoms with Crippen LogP contribution in [0.1, 0.15) is 38.7 Å². The molecule has 2 heteroatoms. The van der Waals surface area contributed by atoms with Crippen LogP contribution < -0.4 is 4.74 Å². The first-order valence-corrected chi connectivity index (χ1v) is 6.63. The van der Waals surface area contributed by atoms with E-state index in [-0.39, 0.29) is 12.2 Å². The standard InChI is InChI=1S/C15H22O2/c1-3-12-6-4-5-7-14(12)17-15-10-11(2)8-9-13(15)16/h4-7,11,13,15-16H,3,8-10H2,1-2H3. The minimum atomic E-state index is -0.309. The lowest BCUT2D eigenvalue weighted by Crippen LogP contribution is -2.37. The number of hydrogen-bond acceptors (Lipinski definition) is 2.